The van der Waals surface area contributed by atoms with E-state index in [0.717, 1.165) is 27.9 Å². The van der Waals surface area contributed by atoms with E-state index in [-0.39, 0.29) is 5.97 Å². The molecule has 140 valence electrons. The smallest absolute Gasteiger partial charge is 0.340 e. The highest BCUT2D eigenvalue weighted by Crippen LogP contribution is 2.59. The normalized spacial score (nSPS) is 23.2. The molecule has 27 heavy (non-hydrogen) atoms. The van der Waals surface area contributed by atoms with Crippen LogP contribution >= 0.6 is 15.9 Å². The van der Waals surface area contributed by atoms with Gasteiger partial charge < -0.3 is 9.30 Å². The highest BCUT2D eigenvalue weighted by molar-refractivity contribution is 9.10. The number of esters is 1. The number of carbonyl (C=O) groups excluding carboxylic acids is 1. The van der Waals surface area contributed by atoms with Gasteiger partial charge >= 0.3 is 5.97 Å². The van der Waals surface area contributed by atoms with E-state index in [1.165, 1.54) is 31.2 Å². The van der Waals surface area contributed by atoms with Crippen LogP contribution in [0.5, 0.6) is 0 Å². The summed E-state index contributed by atoms with van der Waals surface area (Å²) in [4.78, 5) is 17.1. The van der Waals surface area contributed by atoms with E-state index in [2.05, 4.69) is 22.9 Å². The molecule has 0 aliphatic heterocycles. The van der Waals surface area contributed by atoms with Crippen LogP contribution in [0, 0.1) is 5.41 Å². The fourth-order valence-corrected chi connectivity index (χ4v) is 5.44. The van der Waals surface area contributed by atoms with Crippen LogP contribution in [0.1, 0.15) is 47.3 Å². The zero-order chi connectivity index (χ0) is 19.1. The van der Waals surface area contributed by atoms with Gasteiger partial charge in [0.2, 0.25) is 0 Å². The number of aryl methyl sites for hydroxylation is 2. The summed E-state index contributed by atoms with van der Waals surface area (Å²) in [5.41, 5.74) is 6.05. The van der Waals surface area contributed by atoms with Gasteiger partial charge in [-0.15, -0.1) is 0 Å². The van der Waals surface area contributed by atoms with Gasteiger partial charge in [-0.2, -0.15) is 5.10 Å². The van der Waals surface area contributed by atoms with E-state index in [4.69, 9.17) is 14.8 Å². The van der Waals surface area contributed by atoms with Crippen LogP contribution in [0.15, 0.2) is 16.6 Å². The largest absolute Gasteiger partial charge is 0.465 e. The lowest BCUT2D eigenvalue weighted by Crippen LogP contribution is -2.40. The number of carbonyl (C=O) groups is 1. The second kappa shape index (κ2) is 5.44. The Morgan fingerprint density at radius 2 is 2.07 bits per heavy atom. The van der Waals surface area contributed by atoms with Crippen molar-refractivity contribution in [2.24, 2.45) is 19.5 Å². The highest BCUT2D eigenvalue weighted by atomic mass is 79.9. The number of rotatable bonds is 2. The second-order valence-electron chi connectivity index (χ2n) is 8.23. The summed E-state index contributed by atoms with van der Waals surface area (Å²) in [5.74, 6) is 0.985. The monoisotopic (exact) mass is 428 g/mol. The maximum Gasteiger partial charge on any atom is 0.340 e. The molecule has 0 spiro atoms. The molecule has 3 aromatic rings. The minimum Gasteiger partial charge on any atom is -0.465 e. The Balaban J connectivity index is 1.75. The van der Waals surface area contributed by atoms with E-state index >= 15 is 0 Å². The van der Waals surface area contributed by atoms with Crippen molar-refractivity contribution in [3.63, 3.8) is 0 Å². The fraction of sp³-hybridized carbons (Fsp3) is 0.450. The van der Waals surface area contributed by atoms with Gasteiger partial charge in [0.1, 0.15) is 11.2 Å². The molecule has 0 atom stereocenters. The summed E-state index contributed by atoms with van der Waals surface area (Å²) in [6.07, 6.45) is 3.52. The first-order chi connectivity index (χ1) is 12.8. The van der Waals surface area contributed by atoms with E-state index in [1.54, 1.807) is 6.07 Å². The Morgan fingerprint density at radius 1 is 1.33 bits per heavy atom. The van der Waals surface area contributed by atoms with Gasteiger partial charge in [-0.05, 0) is 42.7 Å². The van der Waals surface area contributed by atoms with Crippen molar-refractivity contribution < 1.29 is 9.53 Å². The molecular formula is C20H21BrN4O2. The van der Waals surface area contributed by atoms with Crippen LogP contribution in [0.3, 0.4) is 0 Å². The third-order valence-corrected chi connectivity index (χ3v) is 6.71. The average Bonchev–Trinajstić information content (AvgIpc) is 3.11. The molecule has 3 aliphatic carbocycles. The van der Waals surface area contributed by atoms with Gasteiger partial charge in [0, 0.05) is 29.8 Å². The minimum absolute atomic E-state index is 0.385. The van der Waals surface area contributed by atoms with E-state index < -0.39 is 0 Å². The number of halogens is 1. The molecular weight excluding hydrogens is 408 g/mol. The Labute approximate surface area is 165 Å². The third kappa shape index (κ3) is 2.27. The number of imidazole rings is 1. The lowest BCUT2D eigenvalue weighted by molar-refractivity contribution is 0.0602. The Morgan fingerprint density at radius 3 is 2.78 bits per heavy atom. The van der Waals surface area contributed by atoms with Gasteiger partial charge in [-0.25, -0.2) is 9.78 Å². The molecule has 1 fully saturated rings. The lowest BCUT2D eigenvalue weighted by Gasteiger charge is -2.50. The first-order valence-corrected chi connectivity index (χ1v) is 9.91. The summed E-state index contributed by atoms with van der Waals surface area (Å²) in [6.45, 7) is 2.37. The number of fused-ring (bicyclic) bond motifs is 1. The number of aromatic nitrogens is 4. The SMILES string of the molecule is COC(=O)c1cc(Br)cc2c1nc(-c1nn(C)c3c1C1CC(C)(C3)C1)n2C. The molecule has 6 nitrogen and oxygen atoms in total. The quantitative estimate of drug-likeness (QED) is 0.579. The molecule has 0 amide bonds. The maximum absolute atomic E-state index is 12.3. The molecule has 6 rings (SSSR count). The van der Waals surface area contributed by atoms with Crippen molar-refractivity contribution in [1.29, 1.82) is 0 Å². The molecule has 2 bridgehead atoms. The first-order valence-electron chi connectivity index (χ1n) is 9.12. The average molecular weight is 429 g/mol. The van der Waals surface area contributed by atoms with Crippen LogP contribution in [-0.4, -0.2) is 32.4 Å². The molecule has 1 aromatic carbocycles. The standard InChI is InChI=1S/C20H21BrN4O2/c1-20-7-10(8-20)15-14(9-20)25(3)23-17(15)18-22-16-12(19(26)27-4)5-11(21)6-13(16)24(18)2/h5-6,10H,7-9H2,1-4H3. The summed E-state index contributed by atoms with van der Waals surface area (Å²) >= 11 is 3.50. The van der Waals surface area contributed by atoms with Crippen molar-refractivity contribution in [2.45, 2.75) is 32.1 Å². The maximum atomic E-state index is 12.3. The summed E-state index contributed by atoms with van der Waals surface area (Å²) in [6, 6.07) is 3.74. The van der Waals surface area contributed by atoms with Crippen molar-refractivity contribution in [3.8, 4) is 11.5 Å². The van der Waals surface area contributed by atoms with Crippen molar-refractivity contribution >= 4 is 32.9 Å². The highest BCUT2D eigenvalue weighted by Gasteiger charge is 2.49. The van der Waals surface area contributed by atoms with Gasteiger partial charge in [0.05, 0.1) is 18.2 Å². The van der Waals surface area contributed by atoms with Gasteiger partial charge in [0.15, 0.2) is 5.82 Å². The van der Waals surface area contributed by atoms with Gasteiger partial charge in [-0.3, -0.25) is 4.68 Å². The molecule has 0 unspecified atom stereocenters. The molecule has 0 radical (unpaired) electrons. The van der Waals surface area contributed by atoms with E-state index in [9.17, 15) is 4.79 Å². The van der Waals surface area contributed by atoms with Gasteiger partial charge in [0.25, 0.3) is 0 Å². The van der Waals surface area contributed by atoms with Crippen LogP contribution < -0.4 is 0 Å². The van der Waals surface area contributed by atoms with Crippen LogP contribution in [0.4, 0.5) is 0 Å². The van der Waals surface area contributed by atoms with Crippen molar-refractivity contribution in [3.05, 3.63) is 33.4 Å². The predicted octanol–water partition coefficient (Wildman–Crippen LogP) is 3.96. The lowest BCUT2D eigenvalue weighted by atomic mass is 9.54. The Kier molecular flexibility index (Phi) is 3.42. The zero-order valence-corrected chi connectivity index (χ0v) is 17.4. The van der Waals surface area contributed by atoms with Crippen LogP contribution in [0.25, 0.3) is 22.6 Å². The summed E-state index contributed by atoms with van der Waals surface area (Å²) in [7, 11) is 5.39. The topological polar surface area (TPSA) is 61.9 Å². The Hall–Kier alpha value is -2.15. The molecule has 7 heteroatoms. The predicted molar refractivity (Wildman–Crippen MR) is 106 cm³/mol. The molecule has 0 N–H and O–H groups in total. The van der Waals surface area contributed by atoms with Crippen LogP contribution in [0.2, 0.25) is 0 Å². The molecule has 3 aliphatic rings. The number of benzene rings is 1. The number of hydrogen-bond acceptors (Lipinski definition) is 4. The minimum atomic E-state index is -0.385. The molecule has 1 saturated carbocycles. The molecule has 2 heterocycles. The van der Waals surface area contributed by atoms with Gasteiger partial charge in [-0.1, -0.05) is 22.9 Å². The fourth-order valence-electron chi connectivity index (χ4n) is 4.99. The summed E-state index contributed by atoms with van der Waals surface area (Å²) in [5, 5.41) is 4.85. The molecule has 0 saturated heterocycles. The van der Waals surface area contributed by atoms with E-state index in [0.29, 0.717) is 22.4 Å². The molecule has 2 aromatic heterocycles. The van der Waals surface area contributed by atoms with E-state index in [1.807, 2.05) is 29.4 Å². The second-order valence-corrected chi connectivity index (χ2v) is 9.15. The number of ether oxygens (including phenoxy) is 1. The number of nitrogens with zero attached hydrogens (tertiary/aromatic N) is 4. The van der Waals surface area contributed by atoms with Crippen molar-refractivity contribution in [1.82, 2.24) is 19.3 Å². The summed E-state index contributed by atoms with van der Waals surface area (Å²) < 4.78 is 9.82. The third-order valence-electron chi connectivity index (χ3n) is 6.26. The van der Waals surface area contributed by atoms with Crippen molar-refractivity contribution in [2.75, 3.05) is 7.11 Å². The zero-order valence-electron chi connectivity index (χ0n) is 15.8. The Bertz CT molecular complexity index is 1120. The number of hydrogen-bond donors (Lipinski definition) is 0. The number of methoxy groups -OCH3 is 1. The van der Waals surface area contributed by atoms with Crippen LogP contribution in [-0.2, 0) is 25.3 Å². The first kappa shape index (κ1) is 17.0.